The third-order valence-corrected chi connectivity index (χ3v) is 6.87. The summed E-state index contributed by atoms with van der Waals surface area (Å²) in [5.74, 6) is -0.457. The summed E-state index contributed by atoms with van der Waals surface area (Å²) in [5.41, 5.74) is 12.7. The Kier molecular flexibility index (Phi) is 6.16. The fraction of sp³-hybridized carbons (Fsp3) is 0.357. The van der Waals surface area contributed by atoms with Crippen LogP contribution >= 0.6 is 0 Å². The molecular weight excluding hydrogens is 396 g/mol. The molecular formula is C28H32N2O2. The van der Waals surface area contributed by atoms with E-state index in [4.69, 9.17) is 5.73 Å². The minimum atomic E-state index is -0.250. The Morgan fingerprint density at radius 3 is 2.38 bits per heavy atom. The molecule has 2 N–H and O–H groups in total. The summed E-state index contributed by atoms with van der Waals surface area (Å²) in [4.78, 5) is 26.5. The standard InChI is InChI=1S/C28H32N2O2/c1-19-8-7-16-28(2,3)24(19)14-13-20-9-6-10-21(18-20)25(29)15-17-30-26(31)22-11-4-5-12-23(22)27(30)32/h4-6,9-14,18,25H,7-8,15-17,29H2,1-3H3. The quantitative estimate of drug-likeness (QED) is 0.582. The van der Waals surface area contributed by atoms with Crippen molar-refractivity contribution in [2.75, 3.05) is 6.54 Å². The van der Waals surface area contributed by atoms with Gasteiger partial charge in [-0.1, -0.05) is 68.0 Å². The molecule has 0 bridgehead atoms. The van der Waals surface area contributed by atoms with E-state index in [2.05, 4.69) is 45.1 Å². The summed E-state index contributed by atoms with van der Waals surface area (Å²) in [6.07, 6.45) is 8.60. The monoisotopic (exact) mass is 428 g/mol. The summed E-state index contributed by atoms with van der Waals surface area (Å²) in [6.45, 7) is 7.20. The van der Waals surface area contributed by atoms with Crippen LogP contribution in [-0.2, 0) is 0 Å². The first kappa shape index (κ1) is 22.2. The van der Waals surface area contributed by atoms with Gasteiger partial charge in [-0.05, 0) is 66.9 Å². The van der Waals surface area contributed by atoms with Gasteiger partial charge in [-0.3, -0.25) is 14.5 Å². The number of allylic oxidation sites excluding steroid dienone is 3. The summed E-state index contributed by atoms with van der Waals surface area (Å²) in [5, 5.41) is 0. The number of rotatable bonds is 6. The van der Waals surface area contributed by atoms with Crippen LogP contribution in [0.5, 0.6) is 0 Å². The van der Waals surface area contributed by atoms with Crippen molar-refractivity contribution in [2.24, 2.45) is 11.1 Å². The predicted molar refractivity (Wildman–Crippen MR) is 129 cm³/mol. The number of nitrogens with zero attached hydrogens (tertiary/aromatic N) is 1. The fourth-order valence-electron chi connectivity index (χ4n) is 4.96. The van der Waals surface area contributed by atoms with E-state index in [0.717, 1.165) is 11.1 Å². The van der Waals surface area contributed by atoms with Crippen molar-refractivity contribution < 1.29 is 9.59 Å². The minimum absolute atomic E-state index is 0.208. The topological polar surface area (TPSA) is 63.4 Å². The smallest absolute Gasteiger partial charge is 0.261 e. The molecule has 166 valence electrons. The molecule has 0 saturated heterocycles. The lowest BCUT2D eigenvalue weighted by atomic mass is 9.72. The molecule has 1 atom stereocenters. The molecule has 4 nitrogen and oxygen atoms in total. The maximum Gasteiger partial charge on any atom is 0.261 e. The van der Waals surface area contributed by atoms with Gasteiger partial charge in [0.05, 0.1) is 11.1 Å². The van der Waals surface area contributed by atoms with Crippen molar-refractivity contribution >= 4 is 17.9 Å². The van der Waals surface area contributed by atoms with Crippen LogP contribution in [0.4, 0.5) is 0 Å². The number of hydrogen-bond acceptors (Lipinski definition) is 3. The van der Waals surface area contributed by atoms with E-state index in [0.29, 0.717) is 24.1 Å². The van der Waals surface area contributed by atoms with Crippen molar-refractivity contribution in [3.8, 4) is 0 Å². The van der Waals surface area contributed by atoms with Gasteiger partial charge < -0.3 is 5.73 Å². The first-order valence-corrected chi connectivity index (χ1v) is 11.5. The number of carbonyl (C=O) groups excluding carboxylic acids is 2. The molecule has 0 saturated carbocycles. The van der Waals surface area contributed by atoms with Crippen LogP contribution in [0.25, 0.3) is 6.08 Å². The molecule has 0 radical (unpaired) electrons. The zero-order valence-electron chi connectivity index (χ0n) is 19.2. The summed E-state index contributed by atoms with van der Waals surface area (Å²) in [6, 6.07) is 14.9. The van der Waals surface area contributed by atoms with Crippen molar-refractivity contribution in [1.82, 2.24) is 4.90 Å². The van der Waals surface area contributed by atoms with E-state index in [1.54, 1.807) is 24.3 Å². The highest BCUT2D eigenvalue weighted by atomic mass is 16.2. The van der Waals surface area contributed by atoms with Crippen LogP contribution in [0.3, 0.4) is 0 Å². The van der Waals surface area contributed by atoms with E-state index in [1.807, 2.05) is 12.1 Å². The van der Waals surface area contributed by atoms with E-state index >= 15 is 0 Å². The molecule has 1 aliphatic carbocycles. The van der Waals surface area contributed by atoms with E-state index < -0.39 is 0 Å². The van der Waals surface area contributed by atoms with E-state index in [1.165, 1.54) is 35.3 Å². The van der Waals surface area contributed by atoms with Gasteiger partial charge in [0, 0.05) is 12.6 Å². The van der Waals surface area contributed by atoms with E-state index in [9.17, 15) is 9.59 Å². The van der Waals surface area contributed by atoms with Crippen molar-refractivity contribution in [2.45, 2.75) is 52.5 Å². The van der Waals surface area contributed by atoms with E-state index in [-0.39, 0.29) is 23.3 Å². The average molecular weight is 429 g/mol. The van der Waals surface area contributed by atoms with Crippen LogP contribution in [0.1, 0.15) is 84.3 Å². The summed E-state index contributed by atoms with van der Waals surface area (Å²) in [7, 11) is 0. The molecule has 0 spiro atoms. The van der Waals surface area contributed by atoms with Gasteiger partial charge in [-0.2, -0.15) is 0 Å². The Hall–Kier alpha value is -2.98. The third kappa shape index (κ3) is 4.33. The van der Waals surface area contributed by atoms with Gasteiger partial charge in [-0.25, -0.2) is 0 Å². The van der Waals surface area contributed by atoms with Gasteiger partial charge in [0.2, 0.25) is 0 Å². The number of amides is 2. The predicted octanol–water partition coefficient (Wildman–Crippen LogP) is 5.91. The Balaban J connectivity index is 1.44. The lowest BCUT2D eigenvalue weighted by molar-refractivity contribution is 0.0650. The molecule has 2 aromatic rings. The molecule has 4 heteroatoms. The largest absolute Gasteiger partial charge is 0.324 e. The molecule has 2 amide bonds. The number of carbonyl (C=O) groups is 2. The van der Waals surface area contributed by atoms with Crippen molar-refractivity contribution in [3.63, 3.8) is 0 Å². The van der Waals surface area contributed by atoms with Gasteiger partial charge in [0.15, 0.2) is 0 Å². The van der Waals surface area contributed by atoms with Gasteiger partial charge in [0.1, 0.15) is 0 Å². The molecule has 1 aliphatic heterocycles. The Morgan fingerprint density at radius 1 is 1.03 bits per heavy atom. The summed E-state index contributed by atoms with van der Waals surface area (Å²) >= 11 is 0. The Bertz CT molecular complexity index is 1070. The minimum Gasteiger partial charge on any atom is -0.324 e. The zero-order chi connectivity index (χ0) is 22.9. The lowest BCUT2D eigenvalue weighted by Gasteiger charge is -2.32. The number of nitrogens with two attached hydrogens (primary N) is 1. The van der Waals surface area contributed by atoms with Gasteiger partial charge >= 0.3 is 0 Å². The maximum absolute atomic E-state index is 12.6. The maximum atomic E-state index is 12.6. The molecule has 1 unspecified atom stereocenters. The number of fused-ring (bicyclic) bond motifs is 1. The van der Waals surface area contributed by atoms with Crippen LogP contribution in [0.2, 0.25) is 0 Å². The second-order valence-corrected chi connectivity index (χ2v) is 9.64. The second kappa shape index (κ2) is 8.87. The van der Waals surface area contributed by atoms with Crippen LogP contribution < -0.4 is 5.73 Å². The molecule has 2 aromatic carbocycles. The average Bonchev–Trinajstić information content (AvgIpc) is 3.01. The fourth-order valence-corrected chi connectivity index (χ4v) is 4.96. The lowest BCUT2D eigenvalue weighted by Crippen LogP contribution is -2.32. The molecule has 4 rings (SSSR count). The number of imide groups is 1. The molecule has 0 fully saturated rings. The van der Waals surface area contributed by atoms with Crippen molar-refractivity contribution in [1.29, 1.82) is 0 Å². The molecule has 2 aliphatic rings. The van der Waals surface area contributed by atoms with Crippen LogP contribution in [-0.4, -0.2) is 23.3 Å². The molecule has 0 aromatic heterocycles. The van der Waals surface area contributed by atoms with Gasteiger partial charge in [-0.15, -0.1) is 0 Å². The van der Waals surface area contributed by atoms with Gasteiger partial charge in [0.25, 0.3) is 11.8 Å². The SMILES string of the molecule is CC1=C(C=Cc2cccc(C(N)CCN3C(=O)c4ccccc4C3=O)c2)C(C)(C)CCC1. The second-order valence-electron chi connectivity index (χ2n) is 9.64. The normalized spacial score (nSPS) is 19.1. The van der Waals surface area contributed by atoms with Crippen LogP contribution in [0.15, 0.2) is 65.8 Å². The highest BCUT2D eigenvalue weighted by Gasteiger charge is 2.35. The first-order valence-electron chi connectivity index (χ1n) is 11.5. The zero-order valence-corrected chi connectivity index (χ0v) is 19.2. The molecule has 32 heavy (non-hydrogen) atoms. The number of hydrogen-bond donors (Lipinski definition) is 1. The summed E-state index contributed by atoms with van der Waals surface area (Å²) < 4.78 is 0. The molecule has 1 heterocycles. The van der Waals surface area contributed by atoms with Crippen LogP contribution in [0, 0.1) is 5.41 Å². The Labute approximate surface area is 190 Å². The Morgan fingerprint density at radius 2 is 1.72 bits per heavy atom. The first-order chi connectivity index (χ1) is 15.3. The number of benzene rings is 2. The van der Waals surface area contributed by atoms with Crippen molar-refractivity contribution in [3.05, 3.63) is 88.0 Å². The highest BCUT2D eigenvalue weighted by Crippen LogP contribution is 2.41. The third-order valence-electron chi connectivity index (χ3n) is 6.87. The highest BCUT2D eigenvalue weighted by molar-refractivity contribution is 6.21.